The molecule has 0 radical (unpaired) electrons. The number of aromatic nitrogens is 2. The zero-order valence-electron chi connectivity index (χ0n) is 17.2. The van der Waals surface area contributed by atoms with Crippen LogP contribution in [0.25, 0.3) is 11.5 Å². The lowest BCUT2D eigenvalue weighted by Gasteiger charge is -2.29. The average molecular weight is 426 g/mol. The molecule has 30 heavy (non-hydrogen) atoms. The molecule has 1 aliphatic rings. The number of benzene rings is 2. The molecule has 0 bridgehead atoms. The average Bonchev–Trinajstić information content (AvgIpc) is 3.25. The maximum Gasteiger partial charge on any atom is 0.247 e. The third-order valence-corrected chi connectivity index (χ3v) is 5.91. The summed E-state index contributed by atoms with van der Waals surface area (Å²) >= 11 is 1.71. The summed E-state index contributed by atoms with van der Waals surface area (Å²) in [6.45, 7) is 2.82. The van der Waals surface area contributed by atoms with Gasteiger partial charge in [0.2, 0.25) is 11.8 Å². The van der Waals surface area contributed by atoms with E-state index < -0.39 is 0 Å². The highest BCUT2D eigenvalue weighted by Gasteiger charge is 2.18. The number of hydrogen-bond acceptors (Lipinski definition) is 7. The molecule has 0 saturated carbocycles. The van der Waals surface area contributed by atoms with Crippen molar-refractivity contribution in [2.75, 3.05) is 32.5 Å². The number of ether oxygens (including phenoxy) is 2. The molecule has 0 N–H and O–H groups in total. The molecule has 6 nitrogen and oxygen atoms in total. The molecule has 0 amide bonds. The Hall–Kier alpha value is -2.51. The van der Waals surface area contributed by atoms with Crippen molar-refractivity contribution < 1.29 is 13.9 Å². The van der Waals surface area contributed by atoms with E-state index in [0.29, 0.717) is 30.2 Å². The minimum absolute atomic E-state index is 0.296. The largest absolute Gasteiger partial charge is 0.493 e. The summed E-state index contributed by atoms with van der Waals surface area (Å²) in [6.07, 6.45) is 2.43. The van der Waals surface area contributed by atoms with Crippen molar-refractivity contribution in [3.8, 4) is 23.0 Å². The van der Waals surface area contributed by atoms with Gasteiger partial charge in [0.1, 0.15) is 17.6 Å². The van der Waals surface area contributed by atoms with Gasteiger partial charge in [-0.05, 0) is 56.3 Å². The molecule has 4 rings (SSSR count). The highest BCUT2D eigenvalue weighted by molar-refractivity contribution is 7.98. The van der Waals surface area contributed by atoms with Crippen molar-refractivity contribution in [3.05, 3.63) is 60.5 Å². The van der Waals surface area contributed by atoms with E-state index in [1.165, 1.54) is 0 Å². The first kappa shape index (κ1) is 20.8. The Morgan fingerprint density at radius 3 is 2.53 bits per heavy atom. The summed E-state index contributed by atoms with van der Waals surface area (Å²) in [5.74, 6) is 4.47. The van der Waals surface area contributed by atoms with Crippen LogP contribution >= 0.6 is 11.8 Å². The van der Waals surface area contributed by atoms with E-state index in [9.17, 15) is 0 Å². The Kier molecular flexibility index (Phi) is 7.26. The van der Waals surface area contributed by atoms with Crippen LogP contribution in [0.15, 0.2) is 59.0 Å². The fourth-order valence-electron chi connectivity index (χ4n) is 3.29. The fraction of sp³-hybridized carbons (Fsp3) is 0.391. The number of likely N-dealkylation sites (tertiary alicyclic amines) is 1. The van der Waals surface area contributed by atoms with Crippen LogP contribution in [0.1, 0.15) is 18.7 Å². The van der Waals surface area contributed by atoms with Crippen molar-refractivity contribution in [1.29, 1.82) is 0 Å². The number of hydrogen-bond donors (Lipinski definition) is 0. The van der Waals surface area contributed by atoms with Gasteiger partial charge < -0.3 is 18.8 Å². The monoisotopic (exact) mass is 425 g/mol. The lowest BCUT2D eigenvalue weighted by atomic mass is 10.1. The Balaban J connectivity index is 1.21. The van der Waals surface area contributed by atoms with E-state index in [1.807, 2.05) is 54.6 Å². The fourth-order valence-corrected chi connectivity index (χ4v) is 3.93. The molecule has 2 aromatic carbocycles. The normalized spacial score (nSPS) is 15.2. The van der Waals surface area contributed by atoms with E-state index in [4.69, 9.17) is 13.9 Å². The Morgan fingerprint density at radius 1 is 1.00 bits per heavy atom. The predicted molar refractivity (Wildman–Crippen MR) is 119 cm³/mol. The SMILES string of the molecule is CN1CCC(Oc2ccc(-c3nnc(CSCCOc4ccccc4)o3)cc2)CC1. The molecule has 1 fully saturated rings. The second-order valence-electron chi connectivity index (χ2n) is 7.36. The maximum absolute atomic E-state index is 6.10. The summed E-state index contributed by atoms with van der Waals surface area (Å²) in [4.78, 5) is 2.34. The van der Waals surface area contributed by atoms with E-state index in [1.54, 1.807) is 11.8 Å². The van der Waals surface area contributed by atoms with Gasteiger partial charge in [0.15, 0.2) is 0 Å². The summed E-state index contributed by atoms with van der Waals surface area (Å²) in [5, 5.41) is 8.34. The standard InChI is InChI=1S/C23H27N3O3S/c1-26-13-11-21(12-14-26)28-20-9-7-18(8-10-20)23-25-24-22(29-23)17-30-16-15-27-19-5-3-2-4-6-19/h2-10,21H,11-17H2,1H3. The van der Waals surface area contributed by atoms with Gasteiger partial charge in [0.05, 0.1) is 12.4 Å². The van der Waals surface area contributed by atoms with Gasteiger partial charge in [0, 0.05) is 24.4 Å². The van der Waals surface area contributed by atoms with Gasteiger partial charge >= 0.3 is 0 Å². The van der Waals surface area contributed by atoms with Crippen LogP contribution in [0.2, 0.25) is 0 Å². The van der Waals surface area contributed by atoms with Gasteiger partial charge in [-0.25, -0.2) is 0 Å². The summed E-state index contributed by atoms with van der Waals surface area (Å²) in [7, 11) is 2.15. The minimum Gasteiger partial charge on any atom is -0.493 e. The van der Waals surface area contributed by atoms with E-state index in [2.05, 4.69) is 22.1 Å². The van der Waals surface area contributed by atoms with E-state index in [0.717, 1.165) is 48.7 Å². The molecule has 1 saturated heterocycles. The summed E-state index contributed by atoms with van der Waals surface area (Å²) in [6, 6.07) is 17.7. The van der Waals surface area contributed by atoms with Crippen molar-refractivity contribution in [2.24, 2.45) is 0 Å². The van der Waals surface area contributed by atoms with Crippen LogP contribution in [0, 0.1) is 0 Å². The van der Waals surface area contributed by atoms with Gasteiger partial charge in [-0.2, -0.15) is 0 Å². The van der Waals surface area contributed by atoms with Crippen LogP contribution in [0.4, 0.5) is 0 Å². The molecule has 0 spiro atoms. The van der Waals surface area contributed by atoms with E-state index >= 15 is 0 Å². The van der Waals surface area contributed by atoms with E-state index in [-0.39, 0.29) is 0 Å². The predicted octanol–water partition coefficient (Wildman–Crippen LogP) is 4.52. The van der Waals surface area contributed by atoms with Crippen molar-refractivity contribution in [1.82, 2.24) is 15.1 Å². The first-order valence-corrected chi connectivity index (χ1v) is 11.5. The van der Waals surface area contributed by atoms with Crippen molar-refractivity contribution in [2.45, 2.75) is 24.7 Å². The molecule has 0 atom stereocenters. The molecule has 0 aliphatic carbocycles. The first-order valence-electron chi connectivity index (χ1n) is 10.3. The second-order valence-corrected chi connectivity index (χ2v) is 8.47. The number of piperidine rings is 1. The number of thioether (sulfide) groups is 1. The van der Waals surface area contributed by atoms with Crippen LogP contribution < -0.4 is 9.47 Å². The molecule has 7 heteroatoms. The second kappa shape index (κ2) is 10.5. The molecule has 3 aromatic rings. The van der Waals surface area contributed by atoms with Crippen molar-refractivity contribution >= 4 is 11.8 Å². The molecular formula is C23H27N3O3S. The van der Waals surface area contributed by atoms with Crippen LogP contribution in [-0.4, -0.2) is 53.7 Å². The van der Waals surface area contributed by atoms with Gasteiger partial charge in [-0.15, -0.1) is 22.0 Å². The van der Waals surface area contributed by atoms with Crippen LogP contribution in [0.5, 0.6) is 11.5 Å². The van der Waals surface area contributed by atoms with Gasteiger partial charge in [-0.3, -0.25) is 0 Å². The summed E-state index contributed by atoms with van der Waals surface area (Å²) < 4.78 is 17.6. The highest BCUT2D eigenvalue weighted by atomic mass is 32.2. The lowest BCUT2D eigenvalue weighted by Crippen LogP contribution is -2.35. The molecule has 0 unspecified atom stereocenters. The smallest absolute Gasteiger partial charge is 0.247 e. The first-order chi connectivity index (χ1) is 14.8. The molecule has 158 valence electrons. The third kappa shape index (κ3) is 6.00. The van der Waals surface area contributed by atoms with Crippen LogP contribution in [-0.2, 0) is 5.75 Å². The quantitative estimate of drug-likeness (QED) is 0.467. The Morgan fingerprint density at radius 2 is 1.77 bits per heavy atom. The van der Waals surface area contributed by atoms with Gasteiger partial charge in [-0.1, -0.05) is 18.2 Å². The number of rotatable bonds is 9. The van der Waals surface area contributed by atoms with Crippen molar-refractivity contribution in [3.63, 3.8) is 0 Å². The lowest BCUT2D eigenvalue weighted by molar-refractivity contribution is 0.114. The maximum atomic E-state index is 6.10. The topological polar surface area (TPSA) is 60.6 Å². The molecular weight excluding hydrogens is 398 g/mol. The minimum atomic E-state index is 0.296. The Labute approximate surface area is 181 Å². The van der Waals surface area contributed by atoms with Gasteiger partial charge in [0.25, 0.3) is 0 Å². The molecule has 2 heterocycles. The van der Waals surface area contributed by atoms with Crippen LogP contribution in [0.3, 0.4) is 0 Å². The highest BCUT2D eigenvalue weighted by Crippen LogP contribution is 2.24. The zero-order chi connectivity index (χ0) is 20.6. The number of para-hydroxylation sites is 1. The molecule has 1 aromatic heterocycles. The number of nitrogens with zero attached hydrogens (tertiary/aromatic N) is 3. The zero-order valence-corrected chi connectivity index (χ0v) is 18.0. The third-order valence-electron chi connectivity index (χ3n) is 5.00. The Bertz CT molecular complexity index is 894. The summed E-state index contributed by atoms with van der Waals surface area (Å²) in [5.41, 5.74) is 0.905. The molecule has 1 aliphatic heterocycles.